The summed E-state index contributed by atoms with van der Waals surface area (Å²) in [7, 11) is -4.14. The van der Waals surface area contributed by atoms with E-state index < -0.39 is 10.1 Å². The van der Waals surface area contributed by atoms with Gasteiger partial charge in [-0.15, -0.1) is 0 Å². The van der Waals surface area contributed by atoms with Gasteiger partial charge in [-0.05, 0) is 36.6 Å². The molecule has 0 saturated carbocycles. The van der Waals surface area contributed by atoms with Crippen LogP contribution in [0.4, 0.5) is 5.69 Å². The zero-order chi connectivity index (χ0) is 11.5. The van der Waals surface area contributed by atoms with Gasteiger partial charge in [-0.25, -0.2) is 0 Å². The molecule has 0 aromatic heterocycles. The highest BCUT2D eigenvalue weighted by Crippen LogP contribution is 2.20. The molecule has 0 saturated heterocycles. The van der Waals surface area contributed by atoms with Gasteiger partial charge >= 0.3 is 0 Å². The van der Waals surface area contributed by atoms with Gasteiger partial charge in [0, 0.05) is 5.69 Å². The van der Waals surface area contributed by atoms with Crippen molar-refractivity contribution in [1.82, 2.24) is 0 Å². The van der Waals surface area contributed by atoms with Crippen molar-refractivity contribution < 1.29 is 13.0 Å². The first-order valence-electron chi connectivity index (χ1n) is 4.81. The van der Waals surface area contributed by atoms with Crippen LogP contribution in [0.2, 0.25) is 0 Å². The Bertz CT molecular complexity index is 440. The number of nitrogen functional groups attached to an aromatic ring is 1. The fraction of sp³-hybridized carbons (Fsp3) is 0.400. The lowest BCUT2D eigenvalue weighted by Crippen LogP contribution is -2.04. The van der Waals surface area contributed by atoms with Gasteiger partial charge in [-0.1, -0.05) is 13.3 Å². The van der Waals surface area contributed by atoms with Gasteiger partial charge in [0.05, 0.1) is 4.90 Å². The predicted molar refractivity (Wildman–Crippen MR) is 59.3 cm³/mol. The summed E-state index contributed by atoms with van der Waals surface area (Å²) in [5, 5.41) is 0. The lowest BCUT2D eigenvalue weighted by Gasteiger charge is -2.07. The molecule has 0 atom stereocenters. The zero-order valence-corrected chi connectivity index (χ0v) is 9.42. The van der Waals surface area contributed by atoms with E-state index in [0.717, 1.165) is 12.8 Å². The molecule has 1 aromatic carbocycles. The quantitative estimate of drug-likeness (QED) is 0.610. The number of nitrogens with two attached hydrogens (primary N) is 1. The van der Waals surface area contributed by atoms with Crippen LogP contribution in [0.1, 0.15) is 25.3 Å². The molecule has 15 heavy (non-hydrogen) atoms. The van der Waals surface area contributed by atoms with E-state index in [4.69, 9.17) is 10.3 Å². The molecule has 0 amide bonds. The highest BCUT2D eigenvalue weighted by Gasteiger charge is 2.14. The number of unbranched alkanes of at least 4 members (excludes halogenated alkanes) is 1. The Balaban J connectivity index is 3.15. The van der Waals surface area contributed by atoms with E-state index in [9.17, 15) is 8.42 Å². The van der Waals surface area contributed by atoms with Crippen molar-refractivity contribution in [3.05, 3.63) is 23.8 Å². The van der Waals surface area contributed by atoms with Crippen LogP contribution in [0.3, 0.4) is 0 Å². The summed E-state index contributed by atoms with van der Waals surface area (Å²) in [5.74, 6) is 0. The molecule has 4 nitrogen and oxygen atoms in total. The Labute approximate surface area is 89.9 Å². The van der Waals surface area contributed by atoms with Crippen molar-refractivity contribution in [2.45, 2.75) is 31.1 Å². The number of hydrogen-bond acceptors (Lipinski definition) is 3. The molecule has 0 bridgehead atoms. The molecule has 3 N–H and O–H groups in total. The summed E-state index contributed by atoms with van der Waals surface area (Å²) in [4.78, 5) is -0.0369. The standard InChI is InChI=1S/C10H15NO3S/c1-2-3-4-8-7-9(11)5-6-10(8)15(12,13)14/h5-7H,2-4,11H2,1H3,(H,12,13,14). The van der Waals surface area contributed by atoms with Crippen molar-refractivity contribution in [2.24, 2.45) is 0 Å². The summed E-state index contributed by atoms with van der Waals surface area (Å²) < 4.78 is 31.1. The van der Waals surface area contributed by atoms with E-state index in [1.807, 2.05) is 6.92 Å². The number of hydrogen-bond donors (Lipinski definition) is 2. The molecule has 0 unspecified atom stereocenters. The smallest absolute Gasteiger partial charge is 0.294 e. The second-order valence-corrected chi connectivity index (χ2v) is 4.84. The van der Waals surface area contributed by atoms with Gasteiger partial charge in [0.2, 0.25) is 0 Å². The number of rotatable bonds is 4. The van der Waals surface area contributed by atoms with E-state index in [0.29, 0.717) is 17.7 Å². The van der Waals surface area contributed by atoms with Gasteiger partial charge in [-0.2, -0.15) is 8.42 Å². The third-order valence-electron chi connectivity index (χ3n) is 2.16. The van der Waals surface area contributed by atoms with E-state index in [1.165, 1.54) is 12.1 Å². The Morgan fingerprint density at radius 2 is 2.07 bits per heavy atom. The number of aryl methyl sites for hydroxylation is 1. The minimum atomic E-state index is -4.14. The molecule has 5 heteroatoms. The number of benzene rings is 1. The molecule has 0 aliphatic heterocycles. The average molecular weight is 229 g/mol. The van der Waals surface area contributed by atoms with E-state index >= 15 is 0 Å². The molecule has 0 heterocycles. The summed E-state index contributed by atoms with van der Waals surface area (Å²) in [6.45, 7) is 2.01. The first-order valence-corrected chi connectivity index (χ1v) is 6.25. The third kappa shape index (κ3) is 3.21. The normalized spacial score (nSPS) is 11.6. The van der Waals surface area contributed by atoms with Crippen LogP contribution < -0.4 is 5.73 Å². The lowest BCUT2D eigenvalue weighted by molar-refractivity contribution is 0.482. The van der Waals surface area contributed by atoms with Crippen molar-refractivity contribution in [1.29, 1.82) is 0 Å². The molecule has 0 spiro atoms. The van der Waals surface area contributed by atoms with Gasteiger partial charge in [0.25, 0.3) is 10.1 Å². The van der Waals surface area contributed by atoms with E-state index in [1.54, 1.807) is 6.07 Å². The Kier molecular flexibility index (Phi) is 3.71. The van der Waals surface area contributed by atoms with Crippen LogP contribution in [0.5, 0.6) is 0 Å². The maximum atomic E-state index is 11.0. The molecule has 0 aliphatic carbocycles. The van der Waals surface area contributed by atoms with Crippen molar-refractivity contribution >= 4 is 15.8 Å². The monoisotopic (exact) mass is 229 g/mol. The summed E-state index contributed by atoms with van der Waals surface area (Å²) >= 11 is 0. The van der Waals surface area contributed by atoms with Crippen molar-refractivity contribution in [3.8, 4) is 0 Å². The zero-order valence-electron chi connectivity index (χ0n) is 8.60. The maximum absolute atomic E-state index is 11.0. The highest BCUT2D eigenvalue weighted by atomic mass is 32.2. The van der Waals surface area contributed by atoms with Crippen molar-refractivity contribution in [2.75, 3.05) is 5.73 Å². The van der Waals surface area contributed by atoms with Crippen LogP contribution in [-0.2, 0) is 16.5 Å². The van der Waals surface area contributed by atoms with Gasteiger partial charge in [0.1, 0.15) is 0 Å². The van der Waals surface area contributed by atoms with Crippen LogP contribution in [0, 0.1) is 0 Å². The molecule has 0 radical (unpaired) electrons. The Morgan fingerprint density at radius 1 is 1.40 bits per heavy atom. The largest absolute Gasteiger partial charge is 0.399 e. The van der Waals surface area contributed by atoms with Crippen LogP contribution in [0.15, 0.2) is 23.1 Å². The molecular weight excluding hydrogens is 214 g/mol. The molecule has 0 fully saturated rings. The highest BCUT2D eigenvalue weighted by molar-refractivity contribution is 7.85. The Hall–Kier alpha value is -1.07. The fourth-order valence-electron chi connectivity index (χ4n) is 1.41. The van der Waals surface area contributed by atoms with Crippen LogP contribution in [-0.4, -0.2) is 13.0 Å². The first-order chi connectivity index (χ1) is 6.95. The second kappa shape index (κ2) is 4.63. The SMILES string of the molecule is CCCCc1cc(N)ccc1S(=O)(=O)O. The predicted octanol–water partition coefficient (Wildman–Crippen LogP) is 1.86. The molecule has 84 valence electrons. The molecule has 1 rings (SSSR count). The van der Waals surface area contributed by atoms with Gasteiger partial charge in [-0.3, -0.25) is 4.55 Å². The third-order valence-corrected chi connectivity index (χ3v) is 3.12. The molecular formula is C10H15NO3S. The van der Waals surface area contributed by atoms with E-state index in [-0.39, 0.29) is 4.90 Å². The van der Waals surface area contributed by atoms with Crippen molar-refractivity contribution in [3.63, 3.8) is 0 Å². The average Bonchev–Trinajstić information content (AvgIpc) is 2.12. The molecule has 1 aromatic rings. The van der Waals surface area contributed by atoms with Gasteiger partial charge < -0.3 is 5.73 Å². The maximum Gasteiger partial charge on any atom is 0.294 e. The minimum absolute atomic E-state index is 0.0369. The van der Waals surface area contributed by atoms with E-state index in [2.05, 4.69) is 0 Å². The van der Waals surface area contributed by atoms with Crippen LogP contribution >= 0.6 is 0 Å². The minimum Gasteiger partial charge on any atom is -0.399 e. The second-order valence-electron chi connectivity index (χ2n) is 3.45. The lowest BCUT2D eigenvalue weighted by atomic mass is 10.1. The summed E-state index contributed by atoms with van der Waals surface area (Å²) in [6, 6.07) is 4.41. The van der Waals surface area contributed by atoms with Crippen LogP contribution in [0.25, 0.3) is 0 Å². The van der Waals surface area contributed by atoms with Gasteiger partial charge in [0.15, 0.2) is 0 Å². The molecule has 0 aliphatic rings. The first kappa shape index (κ1) is 12.0. The Morgan fingerprint density at radius 3 is 2.60 bits per heavy atom. The summed E-state index contributed by atoms with van der Waals surface area (Å²) in [5.41, 5.74) is 6.66. The summed E-state index contributed by atoms with van der Waals surface area (Å²) in [6.07, 6.45) is 2.43. The topological polar surface area (TPSA) is 80.4 Å². The number of anilines is 1. The fourth-order valence-corrected chi connectivity index (χ4v) is 2.15.